The number of piperazine rings is 1. The number of amides is 1. The SMILES string of the molecule is CCN1CCN(C(=O)c2ccc(OC)c(CN(C)S(=O)(=O)c3ccc(Cl)cc3)c2)CC1. The molecule has 0 N–H and O–H groups in total. The van der Waals surface area contributed by atoms with E-state index in [2.05, 4.69) is 11.8 Å². The van der Waals surface area contributed by atoms with E-state index in [-0.39, 0.29) is 17.3 Å². The van der Waals surface area contributed by atoms with Crippen molar-refractivity contribution in [3.63, 3.8) is 0 Å². The van der Waals surface area contributed by atoms with Gasteiger partial charge in [0.2, 0.25) is 10.0 Å². The predicted octanol–water partition coefficient (Wildman–Crippen LogP) is 2.95. The maximum Gasteiger partial charge on any atom is 0.253 e. The summed E-state index contributed by atoms with van der Waals surface area (Å²) in [6, 6.07) is 11.2. The first kappa shape index (κ1) is 23.5. The van der Waals surface area contributed by atoms with E-state index < -0.39 is 10.0 Å². The summed E-state index contributed by atoms with van der Waals surface area (Å²) >= 11 is 5.87. The number of hydrogen-bond donors (Lipinski definition) is 0. The summed E-state index contributed by atoms with van der Waals surface area (Å²) in [4.78, 5) is 17.3. The minimum absolute atomic E-state index is 0.0529. The highest BCUT2D eigenvalue weighted by Gasteiger charge is 2.25. The van der Waals surface area contributed by atoms with Crippen molar-refractivity contribution in [1.82, 2.24) is 14.1 Å². The Morgan fingerprint density at radius 2 is 1.74 bits per heavy atom. The van der Waals surface area contributed by atoms with E-state index in [0.717, 1.165) is 19.6 Å². The van der Waals surface area contributed by atoms with Gasteiger partial charge in [-0.3, -0.25) is 4.79 Å². The van der Waals surface area contributed by atoms with Crippen molar-refractivity contribution in [2.24, 2.45) is 0 Å². The minimum Gasteiger partial charge on any atom is -0.496 e. The van der Waals surface area contributed by atoms with Gasteiger partial charge in [-0.2, -0.15) is 4.31 Å². The van der Waals surface area contributed by atoms with Crippen molar-refractivity contribution in [1.29, 1.82) is 0 Å². The average Bonchev–Trinajstić information content (AvgIpc) is 2.78. The highest BCUT2D eigenvalue weighted by atomic mass is 35.5. The Morgan fingerprint density at radius 3 is 2.32 bits per heavy atom. The monoisotopic (exact) mass is 465 g/mol. The third-order valence-corrected chi connectivity index (χ3v) is 7.62. The van der Waals surface area contributed by atoms with E-state index in [1.54, 1.807) is 30.3 Å². The first-order valence-electron chi connectivity index (χ1n) is 10.2. The number of benzene rings is 2. The molecule has 2 aromatic carbocycles. The number of rotatable bonds is 7. The Balaban J connectivity index is 1.80. The summed E-state index contributed by atoms with van der Waals surface area (Å²) in [5, 5.41) is 0.467. The van der Waals surface area contributed by atoms with E-state index in [4.69, 9.17) is 16.3 Å². The molecule has 31 heavy (non-hydrogen) atoms. The van der Waals surface area contributed by atoms with E-state index in [9.17, 15) is 13.2 Å². The molecule has 0 radical (unpaired) electrons. The molecule has 168 valence electrons. The Bertz CT molecular complexity index is 1020. The van der Waals surface area contributed by atoms with Gasteiger partial charge in [0, 0.05) is 55.9 Å². The zero-order chi connectivity index (χ0) is 22.6. The van der Waals surface area contributed by atoms with Crippen LogP contribution < -0.4 is 4.74 Å². The average molecular weight is 466 g/mol. The van der Waals surface area contributed by atoms with Crippen LogP contribution in [0, 0.1) is 0 Å². The van der Waals surface area contributed by atoms with Gasteiger partial charge in [-0.15, -0.1) is 0 Å². The number of carbonyl (C=O) groups excluding carboxylic acids is 1. The van der Waals surface area contributed by atoms with Gasteiger partial charge >= 0.3 is 0 Å². The maximum atomic E-state index is 13.0. The summed E-state index contributed by atoms with van der Waals surface area (Å²) < 4.78 is 32.5. The molecule has 0 unspecified atom stereocenters. The fraction of sp³-hybridized carbons (Fsp3) is 0.409. The second kappa shape index (κ2) is 9.99. The lowest BCUT2D eigenvalue weighted by molar-refractivity contribution is 0.0643. The van der Waals surface area contributed by atoms with E-state index >= 15 is 0 Å². The van der Waals surface area contributed by atoms with Crippen molar-refractivity contribution in [2.45, 2.75) is 18.4 Å². The molecule has 1 saturated heterocycles. The number of sulfonamides is 1. The topological polar surface area (TPSA) is 70.2 Å². The molecule has 1 fully saturated rings. The van der Waals surface area contributed by atoms with Gasteiger partial charge in [0.25, 0.3) is 5.91 Å². The van der Waals surface area contributed by atoms with Gasteiger partial charge in [-0.05, 0) is 49.0 Å². The van der Waals surface area contributed by atoms with Gasteiger partial charge < -0.3 is 14.5 Å². The highest BCUT2D eigenvalue weighted by molar-refractivity contribution is 7.89. The van der Waals surface area contributed by atoms with Crippen molar-refractivity contribution >= 4 is 27.5 Å². The zero-order valence-electron chi connectivity index (χ0n) is 18.0. The third-order valence-electron chi connectivity index (χ3n) is 5.55. The Kier molecular flexibility index (Phi) is 7.59. The molecule has 1 aliphatic rings. The lowest BCUT2D eigenvalue weighted by atomic mass is 10.1. The van der Waals surface area contributed by atoms with Gasteiger partial charge in [0.15, 0.2) is 0 Å². The molecule has 0 atom stereocenters. The third kappa shape index (κ3) is 5.38. The van der Waals surface area contributed by atoms with Crippen LogP contribution in [0.15, 0.2) is 47.4 Å². The number of likely N-dealkylation sites (N-methyl/N-ethyl adjacent to an activating group) is 1. The number of ether oxygens (including phenoxy) is 1. The van der Waals surface area contributed by atoms with Gasteiger partial charge in [-0.25, -0.2) is 8.42 Å². The molecule has 0 aliphatic carbocycles. The van der Waals surface area contributed by atoms with Crippen LogP contribution in [0.1, 0.15) is 22.8 Å². The van der Waals surface area contributed by atoms with Crippen molar-refractivity contribution in [3.05, 3.63) is 58.6 Å². The number of carbonyl (C=O) groups is 1. The quantitative estimate of drug-likeness (QED) is 0.628. The van der Waals surface area contributed by atoms with Crippen LogP contribution in [0.3, 0.4) is 0 Å². The molecule has 2 aromatic rings. The Hall–Kier alpha value is -2.13. The number of hydrogen-bond acceptors (Lipinski definition) is 5. The molecular formula is C22H28ClN3O4S. The number of nitrogens with zero attached hydrogens (tertiary/aromatic N) is 3. The van der Waals surface area contributed by atoms with Crippen LogP contribution in [-0.4, -0.2) is 75.3 Å². The summed E-state index contributed by atoms with van der Waals surface area (Å²) in [6.45, 7) is 6.22. The van der Waals surface area contributed by atoms with Crippen molar-refractivity contribution in [3.8, 4) is 5.75 Å². The molecule has 7 nitrogen and oxygen atoms in total. The molecule has 0 bridgehead atoms. The second-order valence-corrected chi connectivity index (χ2v) is 9.95. The second-order valence-electron chi connectivity index (χ2n) is 7.47. The normalized spacial score (nSPS) is 15.3. The first-order chi connectivity index (χ1) is 14.8. The predicted molar refractivity (Wildman–Crippen MR) is 121 cm³/mol. The van der Waals surface area contributed by atoms with E-state index in [1.807, 2.05) is 4.90 Å². The van der Waals surface area contributed by atoms with Crippen LogP contribution in [0.2, 0.25) is 5.02 Å². The molecule has 1 amide bonds. The zero-order valence-corrected chi connectivity index (χ0v) is 19.6. The minimum atomic E-state index is -3.72. The van der Waals surface area contributed by atoms with Crippen molar-refractivity contribution < 1.29 is 17.9 Å². The van der Waals surface area contributed by atoms with Gasteiger partial charge in [0.1, 0.15) is 5.75 Å². The van der Waals surface area contributed by atoms with Crippen LogP contribution >= 0.6 is 11.6 Å². The molecule has 0 spiro atoms. The van der Waals surface area contributed by atoms with Crippen LogP contribution in [0.25, 0.3) is 0 Å². The van der Waals surface area contributed by atoms with Gasteiger partial charge in [-0.1, -0.05) is 18.5 Å². The smallest absolute Gasteiger partial charge is 0.253 e. The molecule has 9 heteroatoms. The molecule has 3 rings (SSSR count). The van der Waals surface area contributed by atoms with E-state index in [0.29, 0.717) is 35.0 Å². The maximum absolute atomic E-state index is 13.0. The lowest BCUT2D eigenvalue weighted by Crippen LogP contribution is -2.48. The fourth-order valence-electron chi connectivity index (χ4n) is 3.60. The summed E-state index contributed by atoms with van der Waals surface area (Å²) in [5.74, 6) is 0.480. The van der Waals surface area contributed by atoms with Crippen LogP contribution in [0.4, 0.5) is 0 Å². The number of halogens is 1. The van der Waals surface area contributed by atoms with E-state index in [1.165, 1.54) is 30.6 Å². The molecule has 0 saturated carbocycles. The van der Waals surface area contributed by atoms with Gasteiger partial charge in [0.05, 0.1) is 12.0 Å². The number of methoxy groups -OCH3 is 1. The standard InChI is InChI=1S/C22H28ClN3O4S/c1-4-25-11-13-26(14-12-25)22(27)17-5-10-21(30-3)18(15-17)16-24(2)31(28,29)20-8-6-19(23)7-9-20/h5-10,15H,4,11-14,16H2,1-3H3. The lowest BCUT2D eigenvalue weighted by Gasteiger charge is -2.34. The van der Waals surface area contributed by atoms with Crippen LogP contribution in [0.5, 0.6) is 5.75 Å². The fourth-order valence-corrected chi connectivity index (χ4v) is 4.87. The van der Waals surface area contributed by atoms with Crippen molar-refractivity contribution in [2.75, 3.05) is 46.9 Å². The Morgan fingerprint density at radius 1 is 1.10 bits per heavy atom. The Labute approximate surface area is 189 Å². The summed E-state index contributed by atoms with van der Waals surface area (Å²) in [7, 11) is -0.696. The largest absolute Gasteiger partial charge is 0.496 e. The summed E-state index contributed by atoms with van der Waals surface area (Å²) in [5.41, 5.74) is 1.15. The molecule has 0 aromatic heterocycles. The molecular weight excluding hydrogens is 438 g/mol. The molecule has 1 aliphatic heterocycles. The highest BCUT2D eigenvalue weighted by Crippen LogP contribution is 2.25. The summed E-state index contributed by atoms with van der Waals surface area (Å²) in [6.07, 6.45) is 0. The van der Waals surface area contributed by atoms with Crippen LogP contribution in [-0.2, 0) is 16.6 Å². The first-order valence-corrected chi connectivity index (χ1v) is 12.0. The molecule has 1 heterocycles.